The number of piperidine rings is 1. The number of aryl methyl sites for hydroxylation is 1. The van der Waals surface area contributed by atoms with Crippen LogP contribution in [0.3, 0.4) is 0 Å². The third-order valence-electron chi connectivity index (χ3n) is 4.73. The summed E-state index contributed by atoms with van der Waals surface area (Å²) in [6.07, 6.45) is 4.50. The molecule has 2 N–H and O–H groups in total. The van der Waals surface area contributed by atoms with Gasteiger partial charge in [-0.05, 0) is 45.2 Å². The van der Waals surface area contributed by atoms with Crippen LogP contribution in [0.4, 0.5) is 4.39 Å². The molecule has 1 heterocycles. The average molecular weight is 402 g/mol. The summed E-state index contributed by atoms with van der Waals surface area (Å²) in [6, 6.07) is 6.74. The van der Waals surface area contributed by atoms with Gasteiger partial charge in [-0.2, -0.15) is 0 Å². The number of benzene rings is 1. The fourth-order valence-electron chi connectivity index (χ4n) is 3.33. The predicted molar refractivity (Wildman–Crippen MR) is 115 cm³/mol. The molecule has 0 saturated carbocycles. The maximum absolute atomic E-state index is 13.9. The van der Waals surface area contributed by atoms with Gasteiger partial charge in [0.25, 0.3) is 0 Å². The lowest BCUT2D eigenvalue weighted by Gasteiger charge is -2.33. The van der Waals surface area contributed by atoms with Gasteiger partial charge in [0.1, 0.15) is 17.2 Å². The van der Waals surface area contributed by atoms with E-state index < -0.39 is 5.60 Å². The summed E-state index contributed by atoms with van der Waals surface area (Å²) in [4.78, 5) is 18.8. The second-order valence-corrected chi connectivity index (χ2v) is 8.37. The van der Waals surface area contributed by atoms with Gasteiger partial charge in [0, 0.05) is 49.9 Å². The van der Waals surface area contributed by atoms with Gasteiger partial charge in [-0.15, -0.1) is 0 Å². The number of aliphatic imine (C=N–C) groups is 1. The molecule has 1 aliphatic heterocycles. The van der Waals surface area contributed by atoms with Crippen LogP contribution in [-0.2, 0) is 16.0 Å². The fourth-order valence-corrected chi connectivity index (χ4v) is 3.33. The maximum atomic E-state index is 13.9. The van der Waals surface area contributed by atoms with Gasteiger partial charge < -0.3 is 10.5 Å². The second-order valence-electron chi connectivity index (χ2n) is 8.37. The largest absolute Gasteiger partial charge is 0.472 e. The van der Waals surface area contributed by atoms with Crippen LogP contribution in [0.15, 0.2) is 53.8 Å². The summed E-state index contributed by atoms with van der Waals surface area (Å²) in [7, 11) is 0. The Hall–Kier alpha value is -2.47. The number of carbonyl (C=O) groups is 1. The first-order valence-corrected chi connectivity index (χ1v) is 10.00. The zero-order chi connectivity index (χ0) is 21.4. The van der Waals surface area contributed by atoms with Crippen LogP contribution in [0, 0.1) is 11.7 Å². The SMILES string of the molecule is C=C(CN1CCC(=O)C(CCc2ccccc2F)C1)C(=N/C=C\N)OC(C)(C)C. The number of Topliss-reactive ketones (excluding diaryl/α,β-unsaturated/α-hetero) is 1. The summed E-state index contributed by atoms with van der Waals surface area (Å²) in [5.74, 6) is 0.367. The highest BCUT2D eigenvalue weighted by Crippen LogP contribution is 2.21. The lowest BCUT2D eigenvalue weighted by molar-refractivity contribution is -0.126. The Bertz CT molecular complexity index is 781. The molecule has 0 bridgehead atoms. The van der Waals surface area contributed by atoms with Crippen molar-refractivity contribution in [3.05, 3.63) is 60.2 Å². The van der Waals surface area contributed by atoms with Crippen LogP contribution in [0.1, 0.15) is 39.2 Å². The van der Waals surface area contributed by atoms with Crippen molar-refractivity contribution in [1.82, 2.24) is 4.90 Å². The highest BCUT2D eigenvalue weighted by atomic mass is 19.1. The Balaban J connectivity index is 1.98. The van der Waals surface area contributed by atoms with Gasteiger partial charge >= 0.3 is 0 Å². The standard InChI is InChI=1S/C23H32FN3O2/c1-17(22(26-13-12-25)29-23(2,3)4)15-27-14-11-21(28)19(16-27)10-9-18-7-5-6-8-20(18)24/h5-8,12-13,19H,1,9-11,14-16,25H2,2-4H3/b13-12-,26-22?. The van der Waals surface area contributed by atoms with E-state index in [2.05, 4.69) is 16.5 Å². The minimum atomic E-state index is -0.412. The lowest BCUT2D eigenvalue weighted by Crippen LogP contribution is -2.42. The van der Waals surface area contributed by atoms with E-state index in [-0.39, 0.29) is 17.5 Å². The number of rotatable bonds is 7. The zero-order valence-corrected chi connectivity index (χ0v) is 17.7. The molecule has 0 aliphatic carbocycles. The number of likely N-dealkylation sites (tertiary alicyclic amines) is 1. The number of hydrogen-bond acceptors (Lipinski definition) is 5. The lowest BCUT2D eigenvalue weighted by atomic mass is 9.90. The van der Waals surface area contributed by atoms with Crippen molar-refractivity contribution in [2.75, 3.05) is 19.6 Å². The topological polar surface area (TPSA) is 67.9 Å². The molecule has 6 heteroatoms. The Morgan fingerprint density at radius 3 is 2.79 bits per heavy atom. The smallest absolute Gasteiger partial charge is 0.217 e. The van der Waals surface area contributed by atoms with E-state index in [0.29, 0.717) is 50.4 Å². The van der Waals surface area contributed by atoms with Crippen molar-refractivity contribution in [3.8, 4) is 0 Å². The molecule has 1 aromatic carbocycles. The number of carbonyl (C=O) groups excluding carboxylic acids is 1. The molecule has 1 aromatic rings. The van der Waals surface area contributed by atoms with Gasteiger partial charge in [0.05, 0.1) is 0 Å². The molecule has 1 saturated heterocycles. The number of halogens is 1. The Morgan fingerprint density at radius 2 is 2.14 bits per heavy atom. The normalized spacial score (nSPS) is 19.0. The van der Waals surface area contributed by atoms with Crippen molar-refractivity contribution in [3.63, 3.8) is 0 Å². The molecular formula is C23H32FN3O2. The molecule has 0 aromatic heterocycles. The van der Waals surface area contributed by atoms with Crippen LogP contribution < -0.4 is 5.73 Å². The average Bonchev–Trinajstić information content (AvgIpc) is 2.65. The number of nitrogens with two attached hydrogens (primary N) is 1. The molecule has 29 heavy (non-hydrogen) atoms. The highest BCUT2D eigenvalue weighted by Gasteiger charge is 2.28. The van der Waals surface area contributed by atoms with E-state index in [1.54, 1.807) is 12.1 Å². The van der Waals surface area contributed by atoms with Crippen LogP contribution in [-0.4, -0.2) is 41.8 Å². The van der Waals surface area contributed by atoms with Crippen molar-refractivity contribution >= 4 is 11.7 Å². The number of nitrogens with zero attached hydrogens (tertiary/aromatic N) is 2. The second kappa shape index (κ2) is 10.3. The molecule has 1 fully saturated rings. The van der Waals surface area contributed by atoms with E-state index in [9.17, 15) is 9.18 Å². The third kappa shape index (κ3) is 7.46. The van der Waals surface area contributed by atoms with E-state index in [1.165, 1.54) is 18.5 Å². The van der Waals surface area contributed by atoms with Gasteiger partial charge in [-0.1, -0.05) is 24.8 Å². The molecule has 0 spiro atoms. The zero-order valence-electron chi connectivity index (χ0n) is 17.7. The monoisotopic (exact) mass is 401 g/mol. The molecule has 0 radical (unpaired) electrons. The van der Waals surface area contributed by atoms with Crippen molar-refractivity contribution in [2.24, 2.45) is 16.6 Å². The Labute approximate surface area is 173 Å². The van der Waals surface area contributed by atoms with Gasteiger partial charge in [0.15, 0.2) is 0 Å². The van der Waals surface area contributed by atoms with Crippen molar-refractivity contribution in [1.29, 1.82) is 0 Å². The number of ether oxygens (including phenoxy) is 1. The van der Waals surface area contributed by atoms with Crippen LogP contribution in [0.2, 0.25) is 0 Å². The molecule has 1 aliphatic rings. The summed E-state index contributed by atoms with van der Waals surface area (Å²) in [6.45, 7) is 11.8. The minimum Gasteiger partial charge on any atom is -0.472 e. The molecule has 0 amide bonds. The predicted octanol–water partition coefficient (Wildman–Crippen LogP) is 3.85. The Kier molecular flexibility index (Phi) is 8.14. The van der Waals surface area contributed by atoms with Gasteiger partial charge in [-0.3, -0.25) is 9.69 Å². The molecule has 5 nitrogen and oxygen atoms in total. The number of ketones is 1. The summed E-state index contributed by atoms with van der Waals surface area (Å²) in [5.41, 5.74) is 6.38. The minimum absolute atomic E-state index is 0.107. The molecule has 1 atom stereocenters. The van der Waals surface area contributed by atoms with E-state index in [4.69, 9.17) is 10.5 Å². The van der Waals surface area contributed by atoms with Crippen molar-refractivity contribution in [2.45, 2.75) is 45.6 Å². The maximum Gasteiger partial charge on any atom is 0.217 e. The van der Waals surface area contributed by atoms with E-state index in [1.807, 2.05) is 26.8 Å². The fraction of sp³-hybridized carbons (Fsp3) is 0.478. The van der Waals surface area contributed by atoms with Crippen LogP contribution in [0.5, 0.6) is 0 Å². The van der Waals surface area contributed by atoms with Gasteiger partial charge in [0.2, 0.25) is 5.90 Å². The van der Waals surface area contributed by atoms with Crippen LogP contribution in [0.25, 0.3) is 0 Å². The summed E-state index contributed by atoms with van der Waals surface area (Å²) >= 11 is 0. The first kappa shape index (κ1) is 22.8. The third-order valence-corrected chi connectivity index (χ3v) is 4.73. The first-order valence-electron chi connectivity index (χ1n) is 10.00. The number of hydrogen-bond donors (Lipinski definition) is 1. The molecule has 2 rings (SSSR count). The highest BCUT2D eigenvalue weighted by molar-refractivity contribution is 5.94. The molecule has 1 unspecified atom stereocenters. The van der Waals surface area contributed by atoms with Gasteiger partial charge in [-0.25, -0.2) is 9.38 Å². The molecular weight excluding hydrogens is 369 g/mol. The Morgan fingerprint density at radius 1 is 1.41 bits per heavy atom. The van der Waals surface area contributed by atoms with Crippen molar-refractivity contribution < 1.29 is 13.9 Å². The van der Waals surface area contributed by atoms with E-state index >= 15 is 0 Å². The van der Waals surface area contributed by atoms with E-state index in [0.717, 1.165) is 5.57 Å². The summed E-state index contributed by atoms with van der Waals surface area (Å²) < 4.78 is 19.8. The van der Waals surface area contributed by atoms with Crippen LogP contribution >= 0.6 is 0 Å². The summed E-state index contributed by atoms with van der Waals surface area (Å²) in [5, 5.41) is 0. The quantitative estimate of drug-likeness (QED) is 0.557. The molecule has 158 valence electrons. The first-order chi connectivity index (χ1) is 13.7.